The van der Waals surface area contributed by atoms with Crippen molar-refractivity contribution in [1.29, 1.82) is 0 Å². The van der Waals surface area contributed by atoms with Gasteiger partial charge in [0, 0.05) is 12.6 Å². The Morgan fingerprint density at radius 1 is 1.38 bits per heavy atom. The molecular weight excluding hydrogens is 352 g/mol. The fourth-order valence-electron chi connectivity index (χ4n) is 1.97. The fourth-order valence-corrected chi connectivity index (χ4v) is 2.93. The quantitative estimate of drug-likeness (QED) is 0.607. The summed E-state index contributed by atoms with van der Waals surface area (Å²) in [5, 5.41) is 13.2. The number of nitrogens with one attached hydrogen (secondary N) is 1. The number of halogens is 1. The lowest BCUT2D eigenvalue weighted by Crippen LogP contribution is -2.42. The van der Waals surface area contributed by atoms with Crippen molar-refractivity contribution >= 4 is 28.1 Å². The van der Waals surface area contributed by atoms with Gasteiger partial charge in [0.1, 0.15) is 12.4 Å². The van der Waals surface area contributed by atoms with E-state index in [2.05, 4.69) is 11.9 Å². The highest BCUT2D eigenvalue weighted by atomic mass is 35.5. The summed E-state index contributed by atoms with van der Waals surface area (Å²) in [7, 11) is -3.56. The van der Waals surface area contributed by atoms with Crippen LogP contribution < -0.4 is 14.4 Å². The van der Waals surface area contributed by atoms with Crippen LogP contribution in [0.2, 0.25) is 0 Å². The second-order valence-corrected chi connectivity index (χ2v) is 7.49. The average molecular weight is 379 g/mol. The normalized spacial score (nSPS) is 12.4. The molecule has 0 saturated carbocycles. The number of hydrogen-bond acceptors (Lipinski definition) is 5. The minimum Gasteiger partial charge on any atom is -0.487 e. The molecular formula is C16H27ClN2O4S. The second kappa shape index (κ2) is 10.6. The van der Waals surface area contributed by atoms with E-state index < -0.39 is 16.1 Å². The van der Waals surface area contributed by atoms with Gasteiger partial charge in [-0.05, 0) is 12.1 Å². The van der Waals surface area contributed by atoms with Crippen LogP contribution in [-0.4, -0.2) is 51.6 Å². The third kappa shape index (κ3) is 7.53. The summed E-state index contributed by atoms with van der Waals surface area (Å²) >= 11 is 0. The van der Waals surface area contributed by atoms with Gasteiger partial charge in [0.2, 0.25) is 10.0 Å². The molecule has 0 heterocycles. The molecule has 0 amide bonds. The highest BCUT2D eigenvalue weighted by Gasteiger charge is 2.24. The first-order valence-corrected chi connectivity index (χ1v) is 9.32. The average Bonchev–Trinajstić information content (AvgIpc) is 2.48. The highest BCUT2D eigenvalue weighted by molar-refractivity contribution is 7.92. The lowest BCUT2D eigenvalue weighted by atomic mass is 10.2. The number of hydrogen-bond donors (Lipinski definition) is 2. The predicted molar refractivity (Wildman–Crippen MR) is 101 cm³/mol. The van der Waals surface area contributed by atoms with Crippen molar-refractivity contribution in [2.24, 2.45) is 0 Å². The number of benzene rings is 1. The standard InChI is InChI=1S/C16H26N2O4S.ClH/c1-5-10-22-16-9-7-6-8-15(16)18(23(4,20)21)12-14(19)11-17-13(2)3;/h5-9,13-14,17,19H,1,10-12H2,2-4H3;1H. The van der Waals surface area contributed by atoms with Crippen molar-refractivity contribution < 1.29 is 18.3 Å². The Morgan fingerprint density at radius 2 is 2.00 bits per heavy atom. The largest absolute Gasteiger partial charge is 0.487 e. The molecule has 0 bridgehead atoms. The summed E-state index contributed by atoms with van der Waals surface area (Å²) in [5.74, 6) is 0.432. The molecule has 6 nitrogen and oxygen atoms in total. The molecule has 0 saturated heterocycles. The number of ether oxygens (including phenoxy) is 1. The molecule has 0 spiro atoms. The zero-order valence-corrected chi connectivity index (χ0v) is 15.9. The molecule has 2 N–H and O–H groups in total. The number of nitrogens with zero attached hydrogens (tertiary/aromatic N) is 1. The molecule has 1 unspecified atom stereocenters. The van der Waals surface area contributed by atoms with Crippen LogP contribution in [0.4, 0.5) is 5.69 Å². The van der Waals surface area contributed by atoms with Crippen LogP contribution in [0.5, 0.6) is 5.75 Å². The maximum Gasteiger partial charge on any atom is 0.232 e. The summed E-state index contributed by atoms with van der Waals surface area (Å²) in [5.41, 5.74) is 0.403. The van der Waals surface area contributed by atoms with Gasteiger partial charge in [-0.25, -0.2) is 8.42 Å². The summed E-state index contributed by atoms with van der Waals surface area (Å²) in [4.78, 5) is 0. The molecule has 138 valence electrons. The molecule has 0 radical (unpaired) electrons. The first-order chi connectivity index (χ1) is 10.8. The first-order valence-electron chi connectivity index (χ1n) is 7.47. The molecule has 1 atom stereocenters. The fraction of sp³-hybridized carbons (Fsp3) is 0.500. The lowest BCUT2D eigenvalue weighted by molar-refractivity contribution is 0.177. The molecule has 24 heavy (non-hydrogen) atoms. The molecule has 1 aromatic carbocycles. The SMILES string of the molecule is C=CCOc1ccccc1N(CC(O)CNC(C)C)S(C)(=O)=O.Cl. The molecule has 0 aliphatic heterocycles. The molecule has 0 fully saturated rings. The minimum absolute atomic E-state index is 0. The Labute approximate surface area is 151 Å². The lowest BCUT2D eigenvalue weighted by Gasteiger charge is -2.27. The van der Waals surface area contributed by atoms with Crippen molar-refractivity contribution in [3.63, 3.8) is 0 Å². The number of aliphatic hydroxyl groups is 1. The Bertz CT molecular complexity index is 608. The number of anilines is 1. The predicted octanol–water partition coefficient (Wildman–Crippen LogP) is 1.80. The zero-order valence-electron chi connectivity index (χ0n) is 14.3. The third-order valence-corrected chi connectivity index (χ3v) is 4.18. The van der Waals surface area contributed by atoms with Crippen LogP contribution in [0.1, 0.15) is 13.8 Å². The van der Waals surface area contributed by atoms with E-state index in [1.165, 1.54) is 0 Å². The van der Waals surface area contributed by atoms with E-state index in [0.29, 0.717) is 18.0 Å². The van der Waals surface area contributed by atoms with Gasteiger partial charge in [0.15, 0.2) is 0 Å². The van der Waals surface area contributed by atoms with Gasteiger partial charge in [0.25, 0.3) is 0 Å². The summed E-state index contributed by atoms with van der Waals surface area (Å²) in [6, 6.07) is 7.05. The minimum atomic E-state index is -3.56. The monoisotopic (exact) mass is 378 g/mol. The molecule has 1 rings (SSSR count). The maximum atomic E-state index is 12.2. The topological polar surface area (TPSA) is 78.9 Å². The smallest absolute Gasteiger partial charge is 0.232 e. The molecule has 1 aromatic rings. The Morgan fingerprint density at radius 3 is 2.54 bits per heavy atom. The van der Waals surface area contributed by atoms with Crippen molar-refractivity contribution in [2.75, 3.05) is 30.3 Å². The second-order valence-electron chi connectivity index (χ2n) is 5.58. The van der Waals surface area contributed by atoms with E-state index in [4.69, 9.17) is 4.74 Å². The number of rotatable bonds is 10. The van der Waals surface area contributed by atoms with Gasteiger partial charge in [-0.15, -0.1) is 12.4 Å². The Kier molecular flexibility index (Phi) is 9.99. The third-order valence-electron chi connectivity index (χ3n) is 3.03. The molecule has 0 aliphatic carbocycles. The summed E-state index contributed by atoms with van der Waals surface area (Å²) < 4.78 is 31.0. The van der Waals surface area contributed by atoms with E-state index in [0.717, 1.165) is 10.6 Å². The van der Waals surface area contributed by atoms with Crippen LogP contribution in [0.15, 0.2) is 36.9 Å². The Balaban J connectivity index is 0.00000529. The van der Waals surface area contributed by atoms with E-state index in [9.17, 15) is 13.5 Å². The van der Waals surface area contributed by atoms with Crippen molar-refractivity contribution in [1.82, 2.24) is 5.32 Å². The maximum absolute atomic E-state index is 12.2. The van der Waals surface area contributed by atoms with E-state index in [1.807, 2.05) is 13.8 Å². The highest BCUT2D eigenvalue weighted by Crippen LogP contribution is 2.30. The molecule has 8 heteroatoms. The Hall–Kier alpha value is -1.28. The van der Waals surface area contributed by atoms with Gasteiger partial charge < -0.3 is 15.2 Å². The first kappa shape index (κ1) is 22.7. The van der Waals surface area contributed by atoms with Gasteiger partial charge in [0.05, 0.1) is 24.6 Å². The van der Waals surface area contributed by atoms with E-state index >= 15 is 0 Å². The number of para-hydroxylation sites is 2. The van der Waals surface area contributed by atoms with Gasteiger partial charge in [-0.2, -0.15) is 0 Å². The van der Waals surface area contributed by atoms with Crippen LogP contribution in [0.25, 0.3) is 0 Å². The van der Waals surface area contributed by atoms with E-state index in [1.54, 1.807) is 30.3 Å². The van der Waals surface area contributed by atoms with Gasteiger partial charge >= 0.3 is 0 Å². The van der Waals surface area contributed by atoms with E-state index in [-0.39, 0.29) is 31.6 Å². The number of aliphatic hydroxyl groups excluding tert-OH is 1. The summed E-state index contributed by atoms with van der Waals surface area (Å²) in [6.07, 6.45) is 1.86. The van der Waals surface area contributed by atoms with Crippen LogP contribution in [0.3, 0.4) is 0 Å². The van der Waals surface area contributed by atoms with Gasteiger partial charge in [-0.3, -0.25) is 4.31 Å². The number of sulfonamides is 1. The zero-order chi connectivity index (χ0) is 17.5. The van der Waals surface area contributed by atoms with Crippen molar-refractivity contribution in [3.05, 3.63) is 36.9 Å². The molecule has 0 aliphatic rings. The van der Waals surface area contributed by atoms with Crippen LogP contribution in [-0.2, 0) is 10.0 Å². The summed E-state index contributed by atoms with van der Waals surface area (Å²) in [6.45, 7) is 8.02. The van der Waals surface area contributed by atoms with Crippen molar-refractivity contribution in [3.8, 4) is 5.75 Å². The molecule has 0 aromatic heterocycles. The van der Waals surface area contributed by atoms with Gasteiger partial charge in [-0.1, -0.05) is 38.6 Å². The van der Waals surface area contributed by atoms with Crippen LogP contribution >= 0.6 is 12.4 Å². The van der Waals surface area contributed by atoms with Crippen molar-refractivity contribution in [2.45, 2.75) is 26.0 Å². The van der Waals surface area contributed by atoms with Crippen LogP contribution in [0, 0.1) is 0 Å².